The van der Waals surface area contributed by atoms with Crippen LogP contribution in [0.2, 0.25) is 0 Å². The zero-order valence-corrected chi connectivity index (χ0v) is 8.75. The van der Waals surface area contributed by atoms with Crippen LogP contribution in [0.15, 0.2) is 21.1 Å². The first-order valence-corrected chi connectivity index (χ1v) is 4.58. The molecule has 0 saturated heterocycles. The summed E-state index contributed by atoms with van der Waals surface area (Å²) in [5.41, 5.74) is 5.83. The van der Waals surface area contributed by atoms with Gasteiger partial charge in [-0.25, -0.2) is 4.39 Å². The lowest BCUT2D eigenvalue weighted by molar-refractivity contribution is 0.602. The van der Waals surface area contributed by atoms with Crippen LogP contribution >= 0.6 is 31.9 Å². The van der Waals surface area contributed by atoms with Crippen LogP contribution < -0.4 is 5.73 Å². The van der Waals surface area contributed by atoms with E-state index in [0.29, 0.717) is 14.5 Å². The van der Waals surface area contributed by atoms with Crippen molar-refractivity contribution in [2.24, 2.45) is 5.73 Å². The fourth-order valence-corrected chi connectivity index (χ4v) is 1.60. The average Bonchev–Trinajstić information content (AvgIpc) is 1.99. The van der Waals surface area contributed by atoms with Gasteiger partial charge in [0, 0.05) is 16.6 Å². The Hall–Kier alpha value is 0.0700. The summed E-state index contributed by atoms with van der Waals surface area (Å²) >= 11 is 6.27. The monoisotopic (exact) mass is 281 g/mol. The zero-order chi connectivity index (χ0) is 8.43. The highest BCUT2D eigenvalue weighted by molar-refractivity contribution is 9.11. The molecule has 4 heteroatoms. The van der Waals surface area contributed by atoms with Crippen LogP contribution in [0.25, 0.3) is 0 Å². The Morgan fingerprint density at radius 1 is 1.27 bits per heavy atom. The van der Waals surface area contributed by atoms with Crippen LogP contribution in [0.3, 0.4) is 0 Å². The van der Waals surface area contributed by atoms with Gasteiger partial charge in [0.25, 0.3) is 0 Å². The largest absolute Gasteiger partial charge is 0.326 e. The molecule has 0 atom stereocenters. The highest BCUT2D eigenvalue weighted by Crippen LogP contribution is 2.25. The molecule has 0 spiro atoms. The van der Waals surface area contributed by atoms with Gasteiger partial charge < -0.3 is 5.73 Å². The Balaban J connectivity index is 3.29. The molecular weight excluding hydrogens is 277 g/mol. The smallest absolute Gasteiger partial charge is 0.142 e. The van der Waals surface area contributed by atoms with E-state index in [2.05, 4.69) is 31.9 Å². The molecule has 0 aliphatic rings. The van der Waals surface area contributed by atoms with Crippen LogP contribution in [-0.4, -0.2) is 0 Å². The minimum atomic E-state index is -0.290. The SMILES string of the molecule is NCc1c(Br)ccc(Br)c1F. The molecule has 0 fully saturated rings. The molecule has 0 saturated carbocycles. The highest BCUT2D eigenvalue weighted by Gasteiger charge is 2.07. The molecular formula is C7H6Br2FN. The first kappa shape index (κ1) is 9.16. The minimum absolute atomic E-state index is 0.200. The maximum Gasteiger partial charge on any atom is 0.142 e. The van der Waals surface area contributed by atoms with Crippen molar-refractivity contribution in [3.63, 3.8) is 0 Å². The predicted molar refractivity (Wildman–Crippen MR) is 49.7 cm³/mol. The molecule has 2 N–H and O–H groups in total. The van der Waals surface area contributed by atoms with Gasteiger partial charge in [-0.2, -0.15) is 0 Å². The molecule has 1 aromatic rings. The predicted octanol–water partition coefficient (Wildman–Crippen LogP) is 2.81. The van der Waals surface area contributed by atoms with Gasteiger partial charge in [-0.3, -0.25) is 0 Å². The van der Waals surface area contributed by atoms with Crippen LogP contribution in [-0.2, 0) is 6.54 Å². The van der Waals surface area contributed by atoms with Gasteiger partial charge in [-0.05, 0) is 28.1 Å². The molecule has 0 aromatic heterocycles. The van der Waals surface area contributed by atoms with E-state index in [-0.39, 0.29) is 12.4 Å². The van der Waals surface area contributed by atoms with Gasteiger partial charge in [-0.1, -0.05) is 15.9 Å². The van der Waals surface area contributed by atoms with Crippen LogP contribution in [0.4, 0.5) is 4.39 Å². The minimum Gasteiger partial charge on any atom is -0.326 e. The van der Waals surface area contributed by atoms with Crippen LogP contribution in [0.5, 0.6) is 0 Å². The molecule has 1 rings (SSSR count). The third kappa shape index (κ3) is 1.80. The standard InChI is InChI=1S/C7H6Br2FN/c8-5-1-2-6(9)7(10)4(5)3-11/h1-2H,3,11H2. The summed E-state index contributed by atoms with van der Waals surface area (Å²) < 4.78 is 14.3. The first-order chi connectivity index (χ1) is 5.16. The molecule has 0 amide bonds. The molecule has 0 aliphatic heterocycles. The molecule has 11 heavy (non-hydrogen) atoms. The normalized spacial score (nSPS) is 10.2. The second kappa shape index (κ2) is 3.65. The van der Waals surface area contributed by atoms with Gasteiger partial charge in [0.15, 0.2) is 0 Å². The maximum absolute atomic E-state index is 13.1. The van der Waals surface area contributed by atoms with E-state index in [1.807, 2.05) is 0 Å². The molecule has 60 valence electrons. The van der Waals surface area contributed by atoms with Crippen molar-refractivity contribution in [3.05, 3.63) is 32.5 Å². The number of rotatable bonds is 1. The van der Waals surface area contributed by atoms with Crippen molar-refractivity contribution < 1.29 is 4.39 Å². The molecule has 1 nitrogen and oxygen atoms in total. The summed E-state index contributed by atoms with van der Waals surface area (Å²) in [7, 11) is 0. The highest BCUT2D eigenvalue weighted by atomic mass is 79.9. The van der Waals surface area contributed by atoms with E-state index < -0.39 is 0 Å². The van der Waals surface area contributed by atoms with E-state index in [0.717, 1.165) is 0 Å². The van der Waals surface area contributed by atoms with E-state index in [1.165, 1.54) is 0 Å². The summed E-state index contributed by atoms with van der Waals surface area (Å²) in [5, 5.41) is 0. The van der Waals surface area contributed by atoms with Crippen LogP contribution in [0, 0.1) is 5.82 Å². The van der Waals surface area contributed by atoms with E-state index in [1.54, 1.807) is 12.1 Å². The van der Waals surface area contributed by atoms with Crippen LogP contribution in [0.1, 0.15) is 5.56 Å². The summed E-state index contributed by atoms with van der Waals surface area (Å²) in [4.78, 5) is 0. The topological polar surface area (TPSA) is 26.0 Å². The number of nitrogens with two attached hydrogens (primary N) is 1. The van der Waals surface area contributed by atoms with Gasteiger partial charge in [0.05, 0.1) is 4.47 Å². The quantitative estimate of drug-likeness (QED) is 0.788. The van der Waals surface area contributed by atoms with Gasteiger partial charge in [-0.15, -0.1) is 0 Å². The van der Waals surface area contributed by atoms with E-state index in [9.17, 15) is 4.39 Å². The molecule has 0 radical (unpaired) electrons. The van der Waals surface area contributed by atoms with Crippen molar-refractivity contribution in [3.8, 4) is 0 Å². The third-order valence-electron chi connectivity index (χ3n) is 1.34. The second-order valence-corrected chi connectivity index (χ2v) is 3.73. The van der Waals surface area contributed by atoms with Crippen molar-refractivity contribution >= 4 is 31.9 Å². The maximum atomic E-state index is 13.1. The molecule has 0 unspecified atom stereocenters. The van der Waals surface area contributed by atoms with Crippen molar-refractivity contribution in [1.82, 2.24) is 0 Å². The molecule has 0 heterocycles. The summed E-state index contributed by atoms with van der Waals surface area (Å²) in [6.07, 6.45) is 0. The lowest BCUT2D eigenvalue weighted by atomic mass is 10.2. The number of hydrogen-bond donors (Lipinski definition) is 1. The van der Waals surface area contributed by atoms with Crippen molar-refractivity contribution in [2.75, 3.05) is 0 Å². The second-order valence-electron chi connectivity index (χ2n) is 2.03. The number of halogens is 3. The average molecular weight is 283 g/mol. The summed E-state index contributed by atoms with van der Waals surface area (Å²) in [5.74, 6) is -0.290. The van der Waals surface area contributed by atoms with E-state index >= 15 is 0 Å². The molecule has 0 bridgehead atoms. The van der Waals surface area contributed by atoms with Gasteiger partial charge >= 0.3 is 0 Å². The first-order valence-electron chi connectivity index (χ1n) is 2.99. The number of benzene rings is 1. The Morgan fingerprint density at radius 2 is 1.82 bits per heavy atom. The summed E-state index contributed by atoms with van der Waals surface area (Å²) in [6.45, 7) is 0.200. The summed E-state index contributed by atoms with van der Waals surface area (Å²) in [6, 6.07) is 3.40. The van der Waals surface area contributed by atoms with Gasteiger partial charge in [0.1, 0.15) is 5.82 Å². The molecule has 0 aliphatic carbocycles. The molecule has 1 aromatic carbocycles. The fourth-order valence-electron chi connectivity index (χ4n) is 0.756. The van der Waals surface area contributed by atoms with Crippen molar-refractivity contribution in [1.29, 1.82) is 0 Å². The Bertz CT molecular complexity index is 275. The number of hydrogen-bond acceptors (Lipinski definition) is 1. The Labute approximate surface area is 81.0 Å². The van der Waals surface area contributed by atoms with Gasteiger partial charge in [0.2, 0.25) is 0 Å². The Kier molecular flexibility index (Phi) is 3.04. The lowest BCUT2D eigenvalue weighted by Crippen LogP contribution is -2.01. The lowest BCUT2D eigenvalue weighted by Gasteiger charge is -2.03. The van der Waals surface area contributed by atoms with E-state index in [4.69, 9.17) is 5.73 Å². The zero-order valence-electron chi connectivity index (χ0n) is 5.57. The third-order valence-corrected chi connectivity index (χ3v) is 2.70. The fraction of sp³-hybridized carbons (Fsp3) is 0.143. The van der Waals surface area contributed by atoms with Crippen molar-refractivity contribution in [2.45, 2.75) is 6.54 Å². The Morgan fingerprint density at radius 3 is 2.27 bits per heavy atom.